The van der Waals surface area contributed by atoms with E-state index in [4.69, 9.17) is 14.2 Å². The minimum atomic E-state index is -0.640. The van der Waals surface area contributed by atoms with Gasteiger partial charge in [0.05, 0.1) is 33.1 Å². The lowest BCUT2D eigenvalue weighted by Gasteiger charge is -2.19. The van der Waals surface area contributed by atoms with Crippen molar-refractivity contribution < 1.29 is 23.8 Å². The second-order valence-corrected chi connectivity index (χ2v) is 12.5. The van der Waals surface area contributed by atoms with E-state index < -0.39 is 12.1 Å². The lowest BCUT2D eigenvalue weighted by Crippen LogP contribution is -2.41. The number of carbonyl (C=O) groups excluding carboxylic acids is 2. The zero-order valence-electron chi connectivity index (χ0n) is 27.9. The van der Waals surface area contributed by atoms with Crippen LogP contribution in [0.2, 0.25) is 0 Å². The van der Waals surface area contributed by atoms with E-state index >= 15 is 0 Å². The molecule has 4 aromatic rings. The number of hydrogen-bond donors (Lipinski definition) is 3. The monoisotopic (exact) mass is 674 g/mol. The second kappa shape index (κ2) is 15.9. The van der Waals surface area contributed by atoms with Gasteiger partial charge in [-0.2, -0.15) is 11.8 Å². The number of anilines is 1. The number of thioether (sulfide) groups is 1. The van der Waals surface area contributed by atoms with Gasteiger partial charge in [0.1, 0.15) is 11.9 Å². The van der Waals surface area contributed by atoms with E-state index in [0.717, 1.165) is 33.9 Å². The van der Waals surface area contributed by atoms with E-state index in [0.29, 0.717) is 61.5 Å². The average molecular weight is 675 g/mol. The maximum absolute atomic E-state index is 13.9. The molecule has 2 unspecified atom stereocenters. The van der Waals surface area contributed by atoms with E-state index in [1.807, 2.05) is 47.2 Å². The maximum atomic E-state index is 13.9. The molecule has 2 atom stereocenters. The van der Waals surface area contributed by atoms with Crippen LogP contribution in [-0.2, 0) is 22.4 Å². The number of fused-ring (bicyclic) bond motifs is 4. The number of nitrogens with zero attached hydrogens (tertiary/aromatic N) is 3. The molecule has 0 saturated heterocycles. The van der Waals surface area contributed by atoms with Crippen molar-refractivity contribution in [2.45, 2.75) is 51.1 Å². The summed E-state index contributed by atoms with van der Waals surface area (Å²) in [5.74, 6) is 2.58. The van der Waals surface area contributed by atoms with Crippen LogP contribution in [0.3, 0.4) is 0 Å². The molecule has 5 rings (SSSR count). The molecule has 0 fully saturated rings. The summed E-state index contributed by atoms with van der Waals surface area (Å²) in [7, 11) is 4.67. The van der Waals surface area contributed by atoms with Crippen molar-refractivity contribution >= 4 is 34.9 Å². The van der Waals surface area contributed by atoms with Crippen molar-refractivity contribution in [3.8, 4) is 28.4 Å². The Kier molecular flexibility index (Phi) is 11.4. The summed E-state index contributed by atoms with van der Waals surface area (Å²) in [6.45, 7) is 1.90. The van der Waals surface area contributed by atoms with Gasteiger partial charge in [-0.3, -0.25) is 18.8 Å². The Bertz CT molecular complexity index is 1850. The number of nitrogens with one attached hydrogen (secondary N) is 3. The number of pyridine rings is 1. The normalized spacial score (nSPS) is 14.2. The van der Waals surface area contributed by atoms with Crippen LogP contribution >= 0.6 is 11.8 Å². The van der Waals surface area contributed by atoms with Crippen molar-refractivity contribution in [3.05, 3.63) is 75.8 Å². The first-order valence-corrected chi connectivity index (χ1v) is 17.3. The molecule has 2 aromatic carbocycles. The Morgan fingerprint density at radius 1 is 1.06 bits per heavy atom. The molecule has 13 heteroatoms. The highest BCUT2D eigenvalue weighted by Crippen LogP contribution is 2.50. The molecule has 2 heterocycles. The molecule has 254 valence electrons. The number of hydrogen-bond acceptors (Lipinski definition) is 10. The topological polar surface area (TPSA) is 145 Å². The van der Waals surface area contributed by atoms with Gasteiger partial charge in [-0.25, -0.2) is 0 Å². The van der Waals surface area contributed by atoms with Crippen molar-refractivity contribution in [2.24, 2.45) is 0 Å². The molecule has 1 aliphatic rings. The summed E-state index contributed by atoms with van der Waals surface area (Å²) < 4.78 is 19.1. The van der Waals surface area contributed by atoms with Crippen LogP contribution in [0.4, 0.5) is 5.69 Å². The van der Waals surface area contributed by atoms with Gasteiger partial charge in [-0.05, 0) is 84.7 Å². The zero-order chi connectivity index (χ0) is 34.2. The number of aryl methyl sites for hydroxylation is 2. The third-order valence-corrected chi connectivity index (χ3v) is 9.08. The van der Waals surface area contributed by atoms with E-state index in [-0.39, 0.29) is 22.9 Å². The van der Waals surface area contributed by atoms with Gasteiger partial charge in [0.25, 0.3) is 0 Å². The minimum absolute atomic E-state index is 0.192. The third-order valence-electron chi connectivity index (χ3n) is 8.43. The lowest BCUT2D eigenvalue weighted by atomic mass is 9.95. The second-order valence-electron chi connectivity index (χ2n) is 11.5. The van der Waals surface area contributed by atoms with E-state index in [2.05, 4.69) is 26.1 Å². The highest BCUT2D eigenvalue weighted by Gasteiger charge is 2.30. The number of ether oxygens (including phenoxy) is 3. The smallest absolute Gasteiger partial charge is 0.242 e. The molecule has 48 heavy (non-hydrogen) atoms. The Labute approximate surface area is 284 Å². The van der Waals surface area contributed by atoms with Crippen molar-refractivity contribution in [1.82, 2.24) is 25.2 Å². The highest BCUT2D eigenvalue weighted by molar-refractivity contribution is 7.98. The molecule has 0 spiro atoms. The van der Waals surface area contributed by atoms with Gasteiger partial charge in [-0.15, -0.1) is 10.2 Å². The largest absolute Gasteiger partial charge is 0.493 e. The van der Waals surface area contributed by atoms with Crippen LogP contribution in [0.25, 0.3) is 16.8 Å². The van der Waals surface area contributed by atoms with Gasteiger partial charge in [0.2, 0.25) is 23.0 Å². The lowest BCUT2D eigenvalue weighted by molar-refractivity contribution is -0.122. The standard InChI is InChI=1S/C35H42N6O6S/c1-21(42)37-25-13-11-22-19-29(45-2)33(46-3)34(47-4)32(22)23-12-14-26(28(43)20-24(23)25)38-27(15-18-48-5)35(44)36-16-8-10-31-40-39-30-9-6-7-17-41(30)31/h6-7,9,12,14,17,19-20,25,27H,8,10-11,13,15-16,18H2,1-5H3,(H,36,44)(H,37,42)(H,38,43). The van der Waals surface area contributed by atoms with Crippen molar-refractivity contribution in [3.63, 3.8) is 0 Å². The van der Waals surface area contributed by atoms with Gasteiger partial charge in [0, 0.05) is 31.6 Å². The molecule has 0 saturated carbocycles. The van der Waals surface area contributed by atoms with Crippen LogP contribution in [0.5, 0.6) is 17.2 Å². The predicted octanol–water partition coefficient (Wildman–Crippen LogP) is 4.19. The van der Waals surface area contributed by atoms with Crippen LogP contribution in [0, 0.1) is 0 Å². The molecule has 2 aromatic heterocycles. The molecule has 12 nitrogen and oxygen atoms in total. The number of rotatable bonds is 14. The molecule has 3 N–H and O–H groups in total. The van der Waals surface area contributed by atoms with Crippen LogP contribution < -0.4 is 35.6 Å². The fourth-order valence-corrected chi connectivity index (χ4v) is 6.63. The van der Waals surface area contributed by atoms with Crippen LogP contribution in [-0.4, -0.2) is 72.3 Å². The van der Waals surface area contributed by atoms with Gasteiger partial charge >= 0.3 is 0 Å². The first-order valence-electron chi connectivity index (χ1n) is 15.9. The molecular weight excluding hydrogens is 632 g/mol. The third kappa shape index (κ3) is 7.51. The van der Waals surface area contributed by atoms with Crippen molar-refractivity contribution in [1.29, 1.82) is 0 Å². The molecule has 2 amide bonds. The number of aromatic nitrogens is 3. The van der Waals surface area contributed by atoms with E-state index in [1.54, 1.807) is 45.2 Å². The van der Waals surface area contributed by atoms with Crippen LogP contribution in [0.15, 0.2) is 53.5 Å². The Balaban J connectivity index is 1.44. The van der Waals surface area contributed by atoms with E-state index in [9.17, 15) is 14.4 Å². The van der Waals surface area contributed by atoms with Crippen LogP contribution in [0.1, 0.15) is 49.2 Å². The molecule has 0 radical (unpaired) electrons. The summed E-state index contributed by atoms with van der Waals surface area (Å²) in [6.07, 6.45) is 6.89. The quantitative estimate of drug-likeness (QED) is 0.167. The van der Waals surface area contributed by atoms with Gasteiger partial charge in [0.15, 0.2) is 17.1 Å². The zero-order valence-corrected chi connectivity index (χ0v) is 28.7. The molecule has 0 bridgehead atoms. The summed E-state index contributed by atoms with van der Waals surface area (Å²) in [6, 6.07) is 11.7. The summed E-state index contributed by atoms with van der Waals surface area (Å²) in [5, 5.41) is 17.8. The minimum Gasteiger partial charge on any atom is -0.493 e. The Morgan fingerprint density at radius 2 is 1.88 bits per heavy atom. The first kappa shape index (κ1) is 34.6. The average Bonchev–Trinajstić information content (AvgIpc) is 3.36. The SMILES string of the molecule is COc1cc2c(c(OC)c1OC)-c1ccc(NC(CCSC)C(=O)NCCCc3nnc4ccccn34)c(=O)cc1C(NC(C)=O)CC2. The van der Waals surface area contributed by atoms with Gasteiger partial charge < -0.3 is 30.2 Å². The number of carbonyl (C=O) groups is 2. The van der Waals surface area contributed by atoms with E-state index in [1.165, 1.54) is 6.92 Å². The first-order chi connectivity index (χ1) is 23.3. The molecule has 1 aliphatic carbocycles. The summed E-state index contributed by atoms with van der Waals surface area (Å²) >= 11 is 1.63. The predicted molar refractivity (Wildman–Crippen MR) is 187 cm³/mol. The summed E-state index contributed by atoms with van der Waals surface area (Å²) in [4.78, 5) is 39.6. The number of amides is 2. The van der Waals surface area contributed by atoms with Crippen molar-refractivity contribution in [2.75, 3.05) is 45.2 Å². The number of benzene rings is 1. The fourth-order valence-electron chi connectivity index (χ4n) is 6.16. The fraction of sp³-hybridized carbons (Fsp3) is 0.400. The molecular formula is C35H42N6O6S. The maximum Gasteiger partial charge on any atom is 0.242 e. The highest BCUT2D eigenvalue weighted by atomic mass is 32.2. The summed E-state index contributed by atoms with van der Waals surface area (Å²) in [5.41, 5.74) is 3.83. The molecule has 0 aliphatic heterocycles. The van der Waals surface area contributed by atoms with Gasteiger partial charge in [-0.1, -0.05) is 12.1 Å². The number of methoxy groups -OCH3 is 3. The Morgan fingerprint density at radius 3 is 2.60 bits per heavy atom. The Hall–Kier alpha value is -4.78.